The van der Waals surface area contributed by atoms with E-state index in [0.717, 1.165) is 12.1 Å². The minimum atomic E-state index is 0.719. The second-order valence-corrected chi connectivity index (χ2v) is 1.62. The van der Waals surface area contributed by atoms with Gasteiger partial charge in [0.1, 0.15) is 0 Å². The highest BCUT2D eigenvalue weighted by Gasteiger charge is 1.86. The Balaban J connectivity index is 2.48. The molecule has 0 aliphatic rings. The molecule has 0 atom stereocenters. The SMILES string of the molecule is NN=CCc1ccn[nH]1. The Labute approximate surface area is 52.8 Å². The van der Waals surface area contributed by atoms with Crippen LogP contribution in [0.15, 0.2) is 17.4 Å². The van der Waals surface area contributed by atoms with Crippen LogP contribution in [0.3, 0.4) is 0 Å². The van der Waals surface area contributed by atoms with E-state index in [2.05, 4.69) is 15.3 Å². The Morgan fingerprint density at radius 2 is 2.78 bits per heavy atom. The molecule has 1 aromatic rings. The first-order valence-corrected chi connectivity index (χ1v) is 2.63. The molecule has 48 valence electrons. The first-order chi connectivity index (χ1) is 4.43. The molecule has 0 saturated heterocycles. The lowest BCUT2D eigenvalue weighted by molar-refractivity contribution is 1.03. The monoisotopic (exact) mass is 124 g/mol. The first-order valence-electron chi connectivity index (χ1n) is 2.63. The van der Waals surface area contributed by atoms with Crippen molar-refractivity contribution in [2.75, 3.05) is 0 Å². The smallest absolute Gasteiger partial charge is 0.0490 e. The number of aromatic amines is 1. The molecule has 0 spiro atoms. The topological polar surface area (TPSA) is 67.1 Å². The van der Waals surface area contributed by atoms with Crippen LogP contribution >= 0.6 is 0 Å². The van der Waals surface area contributed by atoms with Crippen molar-refractivity contribution in [1.82, 2.24) is 10.2 Å². The summed E-state index contributed by atoms with van der Waals surface area (Å²) in [6.07, 6.45) is 4.03. The molecule has 3 N–H and O–H groups in total. The fourth-order valence-corrected chi connectivity index (χ4v) is 0.549. The molecule has 0 fully saturated rings. The van der Waals surface area contributed by atoms with Gasteiger partial charge in [-0.3, -0.25) is 5.10 Å². The summed E-state index contributed by atoms with van der Waals surface area (Å²) in [5.74, 6) is 4.88. The van der Waals surface area contributed by atoms with Crippen molar-refractivity contribution in [1.29, 1.82) is 0 Å². The van der Waals surface area contributed by atoms with Gasteiger partial charge in [-0.05, 0) is 6.07 Å². The Hall–Kier alpha value is -1.32. The van der Waals surface area contributed by atoms with Gasteiger partial charge in [-0.15, -0.1) is 0 Å². The zero-order chi connectivity index (χ0) is 6.53. The molecule has 9 heavy (non-hydrogen) atoms. The van der Waals surface area contributed by atoms with E-state index in [1.165, 1.54) is 0 Å². The molecule has 0 radical (unpaired) electrons. The van der Waals surface area contributed by atoms with Crippen LogP contribution in [0, 0.1) is 0 Å². The molecule has 0 unspecified atom stereocenters. The molecule has 4 nitrogen and oxygen atoms in total. The maximum Gasteiger partial charge on any atom is 0.0490 e. The van der Waals surface area contributed by atoms with Crippen LogP contribution in [0.5, 0.6) is 0 Å². The zero-order valence-electron chi connectivity index (χ0n) is 4.91. The van der Waals surface area contributed by atoms with Gasteiger partial charge < -0.3 is 5.84 Å². The van der Waals surface area contributed by atoms with Gasteiger partial charge in [0.05, 0.1) is 0 Å². The van der Waals surface area contributed by atoms with Gasteiger partial charge in [0, 0.05) is 24.5 Å². The molecule has 0 aliphatic heterocycles. The largest absolute Gasteiger partial charge is 0.324 e. The summed E-state index contributed by atoms with van der Waals surface area (Å²) in [5, 5.41) is 9.86. The van der Waals surface area contributed by atoms with Crippen LogP contribution in [-0.4, -0.2) is 16.4 Å². The molecule has 0 amide bonds. The van der Waals surface area contributed by atoms with Gasteiger partial charge in [0.15, 0.2) is 0 Å². The molecule has 1 rings (SSSR count). The lowest BCUT2D eigenvalue weighted by Gasteiger charge is -1.83. The molecule has 0 bridgehead atoms. The molecule has 0 aliphatic carbocycles. The number of hydrogen-bond acceptors (Lipinski definition) is 3. The fourth-order valence-electron chi connectivity index (χ4n) is 0.549. The van der Waals surface area contributed by atoms with Gasteiger partial charge in [-0.1, -0.05) is 0 Å². The van der Waals surface area contributed by atoms with Crippen LogP contribution in [-0.2, 0) is 6.42 Å². The number of nitrogens with one attached hydrogen (secondary N) is 1. The van der Waals surface area contributed by atoms with E-state index in [0.29, 0.717) is 0 Å². The third-order valence-corrected chi connectivity index (χ3v) is 0.975. The summed E-state index contributed by atoms with van der Waals surface area (Å²) < 4.78 is 0. The quantitative estimate of drug-likeness (QED) is 0.328. The molecular weight excluding hydrogens is 116 g/mol. The maximum absolute atomic E-state index is 4.88. The van der Waals surface area contributed by atoms with Crippen molar-refractivity contribution in [3.05, 3.63) is 18.0 Å². The standard InChI is InChI=1S/C5H8N4/c6-7-3-1-5-2-4-8-9-5/h2-4H,1,6H2,(H,8,9). The van der Waals surface area contributed by atoms with Crippen molar-refractivity contribution in [2.24, 2.45) is 10.9 Å². The van der Waals surface area contributed by atoms with E-state index in [1.54, 1.807) is 12.4 Å². The lowest BCUT2D eigenvalue weighted by Crippen LogP contribution is -1.89. The molecule has 0 aromatic carbocycles. The molecular formula is C5H8N4. The van der Waals surface area contributed by atoms with Gasteiger partial charge in [-0.25, -0.2) is 0 Å². The molecule has 1 aromatic heterocycles. The van der Waals surface area contributed by atoms with Crippen LogP contribution < -0.4 is 5.84 Å². The first kappa shape index (κ1) is 5.81. The van der Waals surface area contributed by atoms with E-state index >= 15 is 0 Å². The Bertz CT molecular complexity index is 177. The molecule has 0 saturated carbocycles. The third kappa shape index (κ3) is 1.56. The summed E-state index contributed by atoms with van der Waals surface area (Å²) in [6.45, 7) is 0. The van der Waals surface area contributed by atoms with E-state index in [1.807, 2.05) is 6.07 Å². The fraction of sp³-hybridized carbons (Fsp3) is 0.200. The summed E-state index contributed by atoms with van der Waals surface area (Å²) in [7, 11) is 0. The predicted molar refractivity (Wildman–Crippen MR) is 35.0 cm³/mol. The van der Waals surface area contributed by atoms with Crippen molar-refractivity contribution >= 4 is 6.21 Å². The van der Waals surface area contributed by atoms with Crippen molar-refractivity contribution < 1.29 is 0 Å². The van der Waals surface area contributed by atoms with Crippen LogP contribution in [0.25, 0.3) is 0 Å². The average Bonchev–Trinajstić information content (AvgIpc) is 2.34. The summed E-state index contributed by atoms with van der Waals surface area (Å²) >= 11 is 0. The second kappa shape index (κ2) is 2.86. The minimum Gasteiger partial charge on any atom is -0.324 e. The van der Waals surface area contributed by atoms with Crippen molar-refractivity contribution in [3.8, 4) is 0 Å². The van der Waals surface area contributed by atoms with E-state index in [9.17, 15) is 0 Å². The minimum absolute atomic E-state index is 0.719. The number of hydrogen-bond donors (Lipinski definition) is 2. The van der Waals surface area contributed by atoms with Gasteiger partial charge in [0.25, 0.3) is 0 Å². The highest BCUT2D eigenvalue weighted by Crippen LogP contribution is 1.88. The highest BCUT2D eigenvalue weighted by molar-refractivity contribution is 5.59. The molecule has 1 heterocycles. The van der Waals surface area contributed by atoms with Crippen molar-refractivity contribution in [3.63, 3.8) is 0 Å². The van der Waals surface area contributed by atoms with E-state index in [-0.39, 0.29) is 0 Å². The van der Waals surface area contributed by atoms with Crippen LogP contribution in [0.1, 0.15) is 5.69 Å². The molecule has 4 heteroatoms. The number of H-pyrrole nitrogens is 1. The normalized spacial score (nSPS) is 10.7. The van der Waals surface area contributed by atoms with Gasteiger partial charge >= 0.3 is 0 Å². The number of aromatic nitrogens is 2. The Kier molecular flexibility index (Phi) is 1.85. The average molecular weight is 124 g/mol. The van der Waals surface area contributed by atoms with E-state index in [4.69, 9.17) is 5.84 Å². The predicted octanol–water partition coefficient (Wildman–Crippen LogP) is -0.103. The number of hydrazone groups is 1. The second-order valence-electron chi connectivity index (χ2n) is 1.62. The van der Waals surface area contributed by atoms with Crippen molar-refractivity contribution in [2.45, 2.75) is 6.42 Å². The summed E-state index contributed by atoms with van der Waals surface area (Å²) in [4.78, 5) is 0. The highest BCUT2D eigenvalue weighted by atomic mass is 15.1. The number of nitrogens with zero attached hydrogens (tertiary/aromatic N) is 2. The number of rotatable bonds is 2. The third-order valence-electron chi connectivity index (χ3n) is 0.975. The zero-order valence-corrected chi connectivity index (χ0v) is 4.91. The summed E-state index contributed by atoms with van der Waals surface area (Å²) in [5.41, 5.74) is 1.02. The van der Waals surface area contributed by atoms with Gasteiger partial charge in [0.2, 0.25) is 0 Å². The lowest BCUT2D eigenvalue weighted by atomic mass is 10.3. The number of nitrogens with two attached hydrogens (primary N) is 1. The van der Waals surface area contributed by atoms with E-state index < -0.39 is 0 Å². The Morgan fingerprint density at radius 1 is 1.89 bits per heavy atom. The maximum atomic E-state index is 4.88. The van der Waals surface area contributed by atoms with Crippen LogP contribution in [0.2, 0.25) is 0 Å². The summed E-state index contributed by atoms with van der Waals surface area (Å²) in [6, 6.07) is 1.88. The van der Waals surface area contributed by atoms with Gasteiger partial charge in [-0.2, -0.15) is 10.2 Å². The Morgan fingerprint density at radius 3 is 3.33 bits per heavy atom. The van der Waals surface area contributed by atoms with Crippen LogP contribution in [0.4, 0.5) is 0 Å².